The summed E-state index contributed by atoms with van der Waals surface area (Å²) in [5.41, 5.74) is 2.32. The second-order valence-electron chi connectivity index (χ2n) is 4.67. The number of nitrogens with zero attached hydrogens (tertiary/aromatic N) is 1. The summed E-state index contributed by atoms with van der Waals surface area (Å²) in [6.07, 6.45) is 0. The van der Waals surface area contributed by atoms with Crippen LogP contribution in [0.25, 0.3) is 0 Å². The molecule has 2 heteroatoms. The smallest absolute Gasteiger partial charge is 0.232 e. The van der Waals surface area contributed by atoms with E-state index < -0.39 is 0 Å². The van der Waals surface area contributed by atoms with Gasteiger partial charge in [0.2, 0.25) is 5.91 Å². The summed E-state index contributed by atoms with van der Waals surface area (Å²) < 4.78 is 0. The van der Waals surface area contributed by atoms with Crippen molar-refractivity contribution in [3.8, 4) is 0 Å². The highest BCUT2D eigenvalue weighted by Crippen LogP contribution is 2.29. The van der Waals surface area contributed by atoms with E-state index >= 15 is 0 Å². The van der Waals surface area contributed by atoms with Crippen LogP contribution in [-0.4, -0.2) is 17.4 Å². The second-order valence-corrected chi connectivity index (χ2v) is 4.67. The van der Waals surface area contributed by atoms with Gasteiger partial charge in [-0.2, -0.15) is 0 Å². The molecule has 0 N–H and O–H groups in total. The zero-order valence-electron chi connectivity index (χ0n) is 10.1. The number of rotatable bonds is 3. The number of β-lactam (4-membered cyclic amide) rings is 1. The van der Waals surface area contributed by atoms with Gasteiger partial charge in [-0.25, -0.2) is 0 Å². The van der Waals surface area contributed by atoms with Crippen molar-refractivity contribution < 1.29 is 4.79 Å². The van der Waals surface area contributed by atoms with Crippen LogP contribution in [0.5, 0.6) is 0 Å². The van der Waals surface area contributed by atoms with Crippen LogP contribution in [-0.2, 0) is 11.3 Å². The van der Waals surface area contributed by atoms with Gasteiger partial charge in [0.05, 0.1) is 5.92 Å². The van der Waals surface area contributed by atoms with E-state index in [1.165, 1.54) is 5.56 Å². The van der Waals surface area contributed by atoms with E-state index in [9.17, 15) is 4.79 Å². The second kappa shape index (κ2) is 4.65. The van der Waals surface area contributed by atoms with Crippen molar-refractivity contribution in [2.24, 2.45) is 0 Å². The monoisotopic (exact) mass is 237 g/mol. The van der Waals surface area contributed by atoms with Gasteiger partial charge in [-0.3, -0.25) is 4.79 Å². The largest absolute Gasteiger partial charge is 0.337 e. The van der Waals surface area contributed by atoms with Crippen LogP contribution in [0, 0.1) is 0 Å². The predicted molar refractivity (Wildman–Crippen MR) is 71.0 cm³/mol. The highest BCUT2D eigenvalue weighted by molar-refractivity contribution is 5.89. The van der Waals surface area contributed by atoms with Crippen LogP contribution in [0.2, 0.25) is 0 Å². The normalized spacial score (nSPS) is 18.6. The molecule has 18 heavy (non-hydrogen) atoms. The van der Waals surface area contributed by atoms with E-state index in [1.54, 1.807) is 0 Å². The van der Waals surface area contributed by atoms with Crippen LogP contribution in [0.15, 0.2) is 60.7 Å². The minimum absolute atomic E-state index is 0.0647. The lowest BCUT2D eigenvalue weighted by atomic mass is 9.90. The van der Waals surface area contributed by atoms with E-state index in [4.69, 9.17) is 0 Å². The van der Waals surface area contributed by atoms with Crippen molar-refractivity contribution in [1.82, 2.24) is 4.90 Å². The third-order valence-electron chi connectivity index (χ3n) is 3.43. The summed E-state index contributed by atoms with van der Waals surface area (Å²) >= 11 is 0. The van der Waals surface area contributed by atoms with Crippen molar-refractivity contribution in [3.63, 3.8) is 0 Å². The molecule has 0 spiro atoms. The van der Waals surface area contributed by atoms with Gasteiger partial charge in [-0.1, -0.05) is 60.7 Å². The number of carbonyl (C=O) groups is 1. The maximum absolute atomic E-state index is 12.1. The zero-order valence-corrected chi connectivity index (χ0v) is 10.1. The Morgan fingerprint density at radius 2 is 1.56 bits per heavy atom. The molecule has 0 aliphatic carbocycles. The van der Waals surface area contributed by atoms with Gasteiger partial charge in [0.25, 0.3) is 0 Å². The molecule has 2 nitrogen and oxygen atoms in total. The van der Waals surface area contributed by atoms with E-state index in [0.717, 1.165) is 18.7 Å². The Bertz CT molecular complexity index is 536. The molecule has 1 heterocycles. The van der Waals surface area contributed by atoms with Crippen LogP contribution in [0.1, 0.15) is 17.0 Å². The molecule has 2 aromatic carbocycles. The molecule has 90 valence electrons. The highest BCUT2D eigenvalue weighted by Gasteiger charge is 2.37. The van der Waals surface area contributed by atoms with Crippen molar-refractivity contribution in [2.75, 3.05) is 6.54 Å². The van der Waals surface area contributed by atoms with Gasteiger partial charge in [-0.05, 0) is 11.1 Å². The van der Waals surface area contributed by atoms with Crippen LogP contribution in [0.3, 0.4) is 0 Å². The number of amides is 1. The summed E-state index contributed by atoms with van der Waals surface area (Å²) in [6, 6.07) is 20.1. The first-order valence-electron chi connectivity index (χ1n) is 6.22. The Labute approximate surface area is 107 Å². The van der Waals surface area contributed by atoms with Crippen molar-refractivity contribution in [3.05, 3.63) is 71.8 Å². The third kappa shape index (κ3) is 2.02. The summed E-state index contributed by atoms with van der Waals surface area (Å²) in [5.74, 6) is 0.306. The molecule has 0 aromatic heterocycles. The average molecular weight is 237 g/mol. The van der Waals surface area contributed by atoms with E-state index in [-0.39, 0.29) is 11.8 Å². The SMILES string of the molecule is O=C1[C@H](c2ccccc2)CN1Cc1ccccc1. The highest BCUT2D eigenvalue weighted by atomic mass is 16.2. The quantitative estimate of drug-likeness (QED) is 0.752. The van der Waals surface area contributed by atoms with Crippen LogP contribution >= 0.6 is 0 Å². The first-order chi connectivity index (χ1) is 8.84. The zero-order chi connectivity index (χ0) is 12.4. The number of hydrogen-bond donors (Lipinski definition) is 0. The molecular weight excluding hydrogens is 222 g/mol. The molecule has 1 aliphatic rings. The van der Waals surface area contributed by atoms with E-state index in [2.05, 4.69) is 12.1 Å². The minimum atomic E-state index is 0.0647. The van der Waals surface area contributed by atoms with Gasteiger partial charge in [0, 0.05) is 13.1 Å². The molecular formula is C16H15NO. The summed E-state index contributed by atoms with van der Waals surface area (Å²) in [6.45, 7) is 1.56. The molecule has 0 radical (unpaired) electrons. The summed E-state index contributed by atoms with van der Waals surface area (Å²) in [4.78, 5) is 14.0. The molecule has 3 rings (SSSR count). The van der Waals surface area contributed by atoms with Gasteiger partial charge >= 0.3 is 0 Å². The summed E-state index contributed by atoms with van der Waals surface area (Å²) in [5, 5.41) is 0. The topological polar surface area (TPSA) is 20.3 Å². The fraction of sp³-hybridized carbons (Fsp3) is 0.188. The van der Waals surface area contributed by atoms with E-state index in [0.29, 0.717) is 0 Å². The lowest BCUT2D eigenvalue weighted by Gasteiger charge is -2.38. The van der Waals surface area contributed by atoms with Gasteiger partial charge in [-0.15, -0.1) is 0 Å². The van der Waals surface area contributed by atoms with Crippen molar-refractivity contribution in [1.29, 1.82) is 0 Å². The molecule has 0 unspecified atom stereocenters. The Hall–Kier alpha value is -2.09. The maximum atomic E-state index is 12.1. The molecule has 2 aromatic rings. The Morgan fingerprint density at radius 3 is 2.17 bits per heavy atom. The Kier molecular flexibility index (Phi) is 2.85. The Balaban J connectivity index is 1.66. The molecule has 1 aliphatic heterocycles. The lowest BCUT2D eigenvalue weighted by molar-refractivity contribution is -0.143. The fourth-order valence-corrected chi connectivity index (χ4v) is 2.38. The maximum Gasteiger partial charge on any atom is 0.232 e. The Morgan fingerprint density at radius 1 is 0.944 bits per heavy atom. The number of carbonyl (C=O) groups excluding carboxylic acids is 1. The molecule has 0 bridgehead atoms. The average Bonchev–Trinajstić information content (AvgIpc) is 2.44. The van der Waals surface area contributed by atoms with Gasteiger partial charge in [0.15, 0.2) is 0 Å². The molecule has 1 amide bonds. The van der Waals surface area contributed by atoms with Gasteiger partial charge < -0.3 is 4.90 Å². The predicted octanol–water partition coefficient (Wildman–Crippen LogP) is 2.81. The van der Waals surface area contributed by atoms with E-state index in [1.807, 2.05) is 53.4 Å². The molecule has 1 fully saturated rings. The minimum Gasteiger partial charge on any atom is -0.337 e. The van der Waals surface area contributed by atoms with Crippen molar-refractivity contribution in [2.45, 2.75) is 12.5 Å². The van der Waals surface area contributed by atoms with Crippen LogP contribution in [0.4, 0.5) is 0 Å². The fourth-order valence-electron chi connectivity index (χ4n) is 2.38. The first kappa shape index (κ1) is 11.0. The molecule has 1 saturated heterocycles. The number of likely N-dealkylation sites (tertiary alicyclic amines) is 1. The number of benzene rings is 2. The van der Waals surface area contributed by atoms with Gasteiger partial charge in [0.1, 0.15) is 0 Å². The summed E-state index contributed by atoms with van der Waals surface area (Å²) in [7, 11) is 0. The molecule has 0 saturated carbocycles. The molecule has 1 atom stereocenters. The van der Waals surface area contributed by atoms with Crippen LogP contribution < -0.4 is 0 Å². The first-order valence-corrected chi connectivity index (χ1v) is 6.22. The number of hydrogen-bond acceptors (Lipinski definition) is 1. The third-order valence-corrected chi connectivity index (χ3v) is 3.43. The van der Waals surface area contributed by atoms with Crippen molar-refractivity contribution >= 4 is 5.91 Å². The standard InChI is InChI=1S/C16H15NO/c18-16-15(14-9-5-2-6-10-14)12-17(16)11-13-7-3-1-4-8-13/h1-10,15H,11-12H2/t15-/m0/s1. The lowest BCUT2D eigenvalue weighted by Crippen LogP contribution is -2.49.